The summed E-state index contributed by atoms with van der Waals surface area (Å²) in [4.78, 5) is 18.2. The summed E-state index contributed by atoms with van der Waals surface area (Å²) < 4.78 is 27.7. The van der Waals surface area contributed by atoms with Crippen LogP contribution in [-0.4, -0.2) is 22.8 Å². The Balaban J connectivity index is 1.59. The van der Waals surface area contributed by atoms with E-state index in [1.165, 1.54) is 17.0 Å². The van der Waals surface area contributed by atoms with Crippen LogP contribution in [0.3, 0.4) is 0 Å². The molecule has 3 aromatic rings. The lowest BCUT2D eigenvalue weighted by molar-refractivity contribution is -0.130. The Bertz CT molecular complexity index is 845. The summed E-state index contributed by atoms with van der Waals surface area (Å²) in [6.45, 7) is 0.116. The van der Waals surface area contributed by atoms with E-state index in [1.54, 1.807) is 18.4 Å². The van der Waals surface area contributed by atoms with Gasteiger partial charge in [-0.15, -0.1) is 11.3 Å². The van der Waals surface area contributed by atoms with Gasteiger partial charge in [-0.2, -0.15) is 0 Å². The summed E-state index contributed by atoms with van der Waals surface area (Å²) in [5, 5.41) is 0.908. The first-order valence-corrected chi connectivity index (χ1v) is 8.37. The van der Waals surface area contributed by atoms with Crippen molar-refractivity contribution in [1.82, 2.24) is 9.88 Å². The fourth-order valence-corrected chi connectivity index (χ4v) is 3.39. The van der Waals surface area contributed by atoms with E-state index in [9.17, 15) is 13.6 Å². The molecular formula is C18H16F2N2OS. The van der Waals surface area contributed by atoms with Crippen molar-refractivity contribution in [3.63, 3.8) is 0 Å². The van der Waals surface area contributed by atoms with Gasteiger partial charge in [0, 0.05) is 38.1 Å². The van der Waals surface area contributed by atoms with Crippen LogP contribution in [0.5, 0.6) is 0 Å². The summed E-state index contributed by atoms with van der Waals surface area (Å²) >= 11 is 1.58. The molecule has 0 aliphatic rings. The number of aryl methyl sites for hydroxylation is 1. The molecule has 0 N–H and O–H groups in total. The second kappa shape index (κ2) is 7.05. The largest absolute Gasteiger partial charge is 0.341 e. The van der Waals surface area contributed by atoms with Gasteiger partial charge in [-0.1, -0.05) is 18.2 Å². The fourth-order valence-electron chi connectivity index (χ4n) is 2.43. The molecule has 0 unspecified atom stereocenters. The van der Waals surface area contributed by atoms with Crippen LogP contribution in [0.25, 0.3) is 10.2 Å². The maximum absolute atomic E-state index is 13.7. The Morgan fingerprint density at radius 3 is 2.75 bits per heavy atom. The molecule has 6 heteroatoms. The average molecular weight is 346 g/mol. The van der Waals surface area contributed by atoms with E-state index >= 15 is 0 Å². The zero-order chi connectivity index (χ0) is 17.1. The van der Waals surface area contributed by atoms with Crippen molar-refractivity contribution in [2.45, 2.75) is 19.4 Å². The Hall–Kier alpha value is -2.34. The number of aromatic nitrogens is 1. The second-order valence-electron chi connectivity index (χ2n) is 5.56. The van der Waals surface area contributed by atoms with E-state index in [2.05, 4.69) is 4.98 Å². The summed E-state index contributed by atoms with van der Waals surface area (Å²) in [5.41, 5.74) is 1.24. The zero-order valence-electron chi connectivity index (χ0n) is 13.1. The van der Waals surface area contributed by atoms with Crippen molar-refractivity contribution in [2.24, 2.45) is 0 Å². The molecule has 0 saturated heterocycles. The van der Waals surface area contributed by atoms with Crippen molar-refractivity contribution in [1.29, 1.82) is 0 Å². The van der Waals surface area contributed by atoms with Crippen LogP contribution in [0.15, 0.2) is 42.5 Å². The fraction of sp³-hybridized carbons (Fsp3) is 0.222. The number of para-hydroxylation sites is 1. The van der Waals surface area contributed by atoms with Crippen LogP contribution in [0.1, 0.15) is 17.0 Å². The third-order valence-electron chi connectivity index (χ3n) is 3.74. The van der Waals surface area contributed by atoms with E-state index in [4.69, 9.17) is 0 Å². The van der Waals surface area contributed by atoms with Gasteiger partial charge in [0.1, 0.15) is 11.6 Å². The van der Waals surface area contributed by atoms with Gasteiger partial charge in [0.15, 0.2) is 0 Å². The van der Waals surface area contributed by atoms with Crippen molar-refractivity contribution < 1.29 is 13.6 Å². The van der Waals surface area contributed by atoms with Crippen molar-refractivity contribution in [2.75, 3.05) is 7.05 Å². The lowest BCUT2D eigenvalue weighted by Gasteiger charge is -2.17. The molecule has 0 aliphatic heterocycles. The number of nitrogens with zero attached hydrogens (tertiary/aromatic N) is 2. The molecule has 2 aromatic carbocycles. The summed E-state index contributed by atoms with van der Waals surface area (Å²) in [7, 11) is 1.61. The normalized spacial score (nSPS) is 11.0. The van der Waals surface area contributed by atoms with E-state index in [-0.39, 0.29) is 12.5 Å². The first kappa shape index (κ1) is 16.5. The number of hydrogen-bond acceptors (Lipinski definition) is 3. The van der Waals surface area contributed by atoms with E-state index in [1.807, 2.05) is 24.3 Å². The Morgan fingerprint density at radius 1 is 1.21 bits per heavy atom. The maximum Gasteiger partial charge on any atom is 0.223 e. The van der Waals surface area contributed by atoms with Gasteiger partial charge in [-0.25, -0.2) is 13.8 Å². The molecular weight excluding hydrogens is 330 g/mol. The van der Waals surface area contributed by atoms with Gasteiger partial charge in [-0.05, 0) is 18.2 Å². The van der Waals surface area contributed by atoms with Crippen LogP contribution in [0.4, 0.5) is 8.78 Å². The molecule has 1 heterocycles. The molecule has 0 bridgehead atoms. The van der Waals surface area contributed by atoms with Gasteiger partial charge >= 0.3 is 0 Å². The van der Waals surface area contributed by atoms with Crippen molar-refractivity contribution >= 4 is 27.5 Å². The van der Waals surface area contributed by atoms with Crippen LogP contribution in [0, 0.1) is 11.6 Å². The molecule has 0 aliphatic carbocycles. The summed E-state index contributed by atoms with van der Waals surface area (Å²) in [6, 6.07) is 11.2. The highest BCUT2D eigenvalue weighted by molar-refractivity contribution is 7.18. The molecule has 1 amide bonds. The Kier molecular flexibility index (Phi) is 4.85. The van der Waals surface area contributed by atoms with Crippen molar-refractivity contribution in [3.05, 3.63) is 64.7 Å². The Labute approximate surface area is 142 Å². The van der Waals surface area contributed by atoms with Gasteiger partial charge in [-0.3, -0.25) is 4.79 Å². The number of amides is 1. The number of fused-ring (bicyclic) bond motifs is 1. The second-order valence-corrected chi connectivity index (χ2v) is 6.68. The van der Waals surface area contributed by atoms with E-state index in [0.717, 1.165) is 21.3 Å². The Morgan fingerprint density at radius 2 is 2.00 bits per heavy atom. The molecule has 124 valence electrons. The molecule has 24 heavy (non-hydrogen) atoms. The minimum Gasteiger partial charge on any atom is -0.341 e. The highest BCUT2D eigenvalue weighted by atomic mass is 32.1. The van der Waals surface area contributed by atoms with Crippen molar-refractivity contribution in [3.8, 4) is 0 Å². The number of halogens is 2. The number of carbonyl (C=O) groups is 1. The highest BCUT2D eigenvalue weighted by Crippen LogP contribution is 2.22. The average Bonchev–Trinajstić information content (AvgIpc) is 2.98. The number of hydrogen-bond donors (Lipinski definition) is 0. The molecule has 0 spiro atoms. The molecule has 0 fully saturated rings. The number of carbonyl (C=O) groups excluding carboxylic acids is 1. The third-order valence-corrected chi connectivity index (χ3v) is 4.84. The van der Waals surface area contributed by atoms with E-state index in [0.29, 0.717) is 18.4 Å². The summed E-state index contributed by atoms with van der Waals surface area (Å²) in [6.07, 6.45) is 0.855. The third kappa shape index (κ3) is 3.76. The number of benzene rings is 2. The monoisotopic (exact) mass is 346 g/mol. The molecule has 3 nitrogen and oxygen atoms in total. The van der Waals surface area contributed by atoms with E-state index < -0.39 is 11.6 Å². The van der Waals surface area contributed by atoms with Crippen LogP contribution in [0.2, 0.25) is 0 Å². The SMILES string of the molecule is CN(Cc1ccc(F)cc1F)C(=O)CCc1nc2ccccc2s1. The first-order chi connectivity index (χ1) is 11.5. The van der Waals surface area contributed by atoms with Crippen LogP contribution in [-0.2, 0) is 17.8 Å². The van der Waals surface area contributed by atoms with Gasteiger partial charge in [0.05, 0.1) is 15.2 Å². The lowest BCUT2D eigenvalue weighted by atomic mass is 10.2. The van der Waals surface area contributed by atoms with Gasteiger partial charge in [0.25, 0.3) is 0 Å². The molecule has 0 saturated carbocycles. The van der Waals surface area contributed by atoms with Gasteiger partial charge in [0.2, 0.25) is 5.91 Å². The minimum atomic E-state index is -0.638. The van der Waals surface area contributed by atoms with Gasteiger partial charge < -0.3 is 4.90 Å². The number of thiazole rings is 1. The van der Waals surface area contributed by atoms with Crippen LogP contribution < -0.4 is 0 Å². The molecule has 1 aromatic heterocycles. The van der Waals surface area contributed by atoms with Crippen LogP contribution >= 0.6 is 11.3 Å². The topological polar surface area (TPSA) is 33.2 Å². The lowest BCUT2D eigenvalue weighted by Crippen LogP contribution is -2.26. The molecule has 0 atom stereocenters. The standard InChI is InChI=1S/C18H16F2N2OS/c1-22(11-12-6-7-13(19)10-14(12)20)18(23)9-8-17-21-15-4-2-3-5-16(15)24-17/h2-7,10H,8-9,11H2,1H3. The molecule has 3 rings (SSSR count). The minimum absolute atomic E-state index is 0.0991. The zero-order valence-corrected chi connectivity index (χ0v) is 13.9. The predicted octanol–water partition coefficient (Wildman–Crippen LogP) is 4.17. The molecule has 0 radical (unpaired) electrons. The smallest absolute Gasteiger partial charge is 0.223 e. The predicted molar refractivity (Wildman–Crippen MR) is 90.8 cm³/mol. The highest BCUT2D eigenvalue weighted by Gasteiger charge is 2.13. The quantitative estimate of drug-likeness (QED) is 0.695. The first-order valence-electron chi connectivity index (χ1n) is 7.55. The number of rotatable bonds is 5. The maximum atomic E-state index is 13.7. The summed E-state index contributed by atoms with van der Waals surface area (Å²) in [5.74, 6) is -1.36.